The lowest BCUT2D eigenvalue weighted by Gasteiger charge is -2.28. The van der Waals surface area contributed by atoms with Crippen LogP contribution in [-0.2, 0) is 15.8 Å². The molecule has 1 heterocycles. The van der Waals surface area contributed by atoms with Crippen molar-refractivity contribution in [1.82, 2.24) is 15.6 Å². The molecule has 0 bridgehead atoms. The van der Waals surface area contributed by atoms with Gasteiger partial charge in [0.05, 0.1) is 0 Å². The summed E-state index contributed by atoms with van der Waals surface area (Å²) in [6, 6.07) is 1.97. The quantitative estimate of drug-likeness (QED) is 0.716. The smallest absolute Gasteiger partial charge is 0.433 e. The van der Waals surface area contributed by atoms with Crippen molar-refractivity contribution in [3.05, 3.63) is 24.0 Å². The number of hydrogen-bond donors (Lipinski definition) is 2. The summed E-state index contributed by atoms with van der Waals surface area (Å²) in [5.74, 6) is -0.821. The van der Waals surface area contributed by atoms with Gasteiger partial charge in [-0.05, 0) is 32.3 Å². The van der Waals surface area contributed by atoms with Crippen LogP contribution in [0.3, 0.4) is 0 Å². The second-order valence-electron chi connectivity index (χ2n) is 7.11. The van der Waals surface area contributed by atoms with Gasteiger partial charge in [-0.15, -0.1) is 0 Å². The van der Waals surface area contributed by atoms with Crippen LogP contribution in [0.1, 0.15) is 46.7 Å². The molecule has 1 unspecified atom stereocenters. The molecule has 1 aromatic rings. The Labute approximate surface area is 156 Å². The molecular formula is C18H26F3N3O3. The minimum Gasteiger partial charge on any atom is -0.480 e. The van der Waals surface area contributed by atoms with Crippen molar-refractivity contribution >= 4 is 11.8 Å². The summed E-state index contributed by atoms with van der Waals surface area (Å²) in [4.78, 5) is 27.9. The van der Waals surface area contributed by atoms with Crippen molar-refractivity contribution in [1.29, 1.82) is 0 Å². The van der Waals surface area contributed by atoms with E-state index in [1.807, 2.05) is 13.8 Å². The third kappa shape index (κ3) is 7.07. The fourth-order valence-corrected chi connectivity index (χ4v) is 2.09. The lowest BCUT2D eigenvalue weighted by atomic mass is 10.0. The maximum absolute atomic E-state index is 12.7. The first kappa shape index (κ1) is 22.7. The number of nitrogens with zero attached hydrogens (tertiary/aromatic N) is 1. The van der Waals surface area contributed by atoms with Gasteiger partial charge in [0.15, 0.2) is 6.10 Å². The standard InChI is InChI=1S/C18H26F3N3O3/c1-6-13(27-12-7-8-22-14(9-12)18(19,20)21)15(25)24-17(4,5)16(26)23-10-11(2)3/h7-9,11,13H,6,10H2,1-5H3,(H,23,26)(H,24,25). The van der Waals surface area contributed by atoms with Crippen molar-refractivity contribution in [2.75, 3.05) is 6.54 Å². The molecule has 0 saturated heterocycles. The molecule has 1 rings (SSSR count). The zero-order valence-electron chi connectivity index (χ0n) is 16.1. The third-order valence-corrected chi connectivity index (χ3v) is 3.64. The highest BCUT2D eigenvalue weighted by Crippen LogP contribution is 2.29. The molecule has 0 spiro atoms. The summed E-state index contributed by atoms with van der Waals surface area (Å²) in [6.45, 7) is 9.08. The van der Waals surface area contributed by atoms with Gasteiger partial charge in [0.2, 0.25) is 5.91 Å². The Kier molecular flexibility index (Phi) is 7.62. The first-order valence-corrected chi connectivity index (χ1v) is 8.67. The predicted octanol–water partition coefficient (Wildman–Crippen LogP) is 2.92. The molecule has 0 aliphatic carbocycles. The topological polar surface area (TPSA) is 80.3 Å². The summed E-state index contributed by atoms with van der Waals surface area (Å²) < 4.78 is 43.6. The van der Waals surface area contributed by atoms with E-state index in [9.17, 15) is 22.8 Å². The number of rotatable bonds is 8. The molecule has 27 heavy (non-hydrogen) atoms. The SMILES string of the molecule is CCC(Oc1ccnc(C(F)(F)F)c1)C(=O)NC(C)(C)C(=O)NCC(C)C. The molecule has 0 saturated carbocycles. The van der Waals surface area contributed by atoms with Gasteiger partial charge in [-0.1, -0.05) is 20.8 Å². The minimum atomic E-state index is -4.61. The number of hydrogen-bond acceptors (Lipinski definition) is 4. The highest BCUT2D eigenvalue weighted by atomic mass is 19.4. The number of aromatic nitrogens is 1. The molecule has 152 valence electrons. The van der Waals surface area contributed by atoms with Crippen molar-refractivity contribution in [3.8, 4) is 5.75 Å². The van der Waals surface area contributed by atoms with E-state index in [-0.39, 0.29) is 24.0 Å². The maximum atomic E-state index is 12.7. The van der Waals surface area contributed by atoms with Gasteiger partial charge < -0.3 is 15.4 Å². The lowest BCUT2D eigenvalue weighted by Crippen LogP contribution is -2.57. The van der Waals surface area contributed by atoms with E-state index in [2.05, 4.69) is 15.6 Å². The highest BCUT2D eigenvalue weighted by Gasteiger charge is 2.34. The molecule has 0 fully saturated rings. The average Bonchev–Trinajstić information content (AvgIpc) is 2.56. The summed E-state index contributed by atoms with van der Waals surface area (Å²) in [5.41, 5.74) is -2.30. The number of carbonyl (C=O) groups is 2. The number of amides is 2. The first-order chi connectivity index (χ1) is 12.4. The van der Waals surface area contributed by atoms with E-state index in [0.717, 1.165) is 12.3 Å². The largest absolute Gasteiger partial charge is 0.480 e. The van der Waals surface area contributed by atoms with Gasteiger partial charge in [-0.25, -0.2) is 0 Å². The average molecular weight is 389 g/mol. The Hall–Kier alpha value is -2.32. The van der Waals surface area contributed by atoms with Gasteiger partial charge in [-0.3, -0.25) is 14.6 Å². The minimum absolute atomic E-state index is 0.124. The fraction of sp³-hybridized carbons (Fsp3) is 0.611. The lowest BCUT2D eigenvalue weighted by molar-refractivity contribution is -0.141. The van der Waals surface area contributed by atoms with E-state index in [4.69, 9.17) is 4.74 Å². The number of pyridine rings is 1. The Morgan fingerprint density at radius 1 is 1.26 bits per heavy atom. The molecule has 2 N–H and O–H groups in total. The molecule has 1 atom stereocenters. The van der Waals surface area contributed by atoms with Crippen LogP contribution in [0, 0.1) is 5.92 Å². The maximum Gasteiger partial charge on any atom is 0.433 e. The molecule has 0 aliphatic heterocycles. The van der Waals surface area contributed by atoms with Crippen LogP contribution in [0.5, 0.6) is 5.75 Å². The first-order valence-electron chi connectivity index (χ1n) is 8.67. The molecule has 0 aliphatic rings. The summed E-state index contributed by atoms with van der Waals surface area (Å²) in [5, 5.41) is 5.31. The van der Waals surface area contributed by atoms with Crippen LogP contribution in [0.15, 0.2) is 18.3 Å². The molecular weight excluding hydrogens is 363 g/mol. The fourth-order valence-electron chi connectivity index (χ4n) is 2.09. The van der Waals surface area contributed by atoms with Crippen molar-refractivity contribution < 1.29 is 27.5 Å². The third-order valence-electron chi connectivity index (χ3n) is 3.64. The van der Waals surface area contributed by atoms with Gasteiger partial charge in [-0.2, -0.15) is 13.2 Å². The molecule has 9 heteroatoms. The van der Waals surface area contributed by atoms with Gasteiger partial charge >= 0.3 is 6.18 Å². The number of alkyl halides is 3. The summed E-state index contributed by atoms with van der Waals surface area (Å²) >= 11 is 0. The van der Waals surface area contributed by atoms with Crippen LogP contribution in [0.2, 0.25) is 0 Å². The number of carbonyl (C=O) groups excluding carboxylic acids is 2. The number of nitrogens with one attached hydrogen (secondary N) is 2. The second-order valence-corrected chi connectivity index (χ2v) is 7.11. The molecule has 6 nitrogen and oxygen atoms in total. The molecule has 0 aromatic carbocycles. The van der Waals surface area contributed by atoms with E-state index < -0.39 is 29.4 Å². The molecule has 1 aromatic heterocycles. The van der Waals surface area contributed by atoms with Gasteiger partial charge in [0.1, 0.15) is 17.0 Å². The van der Waals surface area contributed by atoms with E-state index >= 15 is 0 Å². The van der Waals surface area contributed by atoms with Crippen molar-refractivity contribution in [3.63, 3.8) is 0 Å². The van der Waals surface area contributed by atoms with E-state index in [1.165, 1.54) is 6.07 Å². The Morgan fingerprint density at radius 3 is 2.41 bits per heavy atom. The predicted molar refractivity (Wildman–Crippen MR) is 94.0 cm³/mol. The summed E-state index contributed by atoms with van der Waals surface area (Å²) in [6.07, 6.45) is -4.49. The van der Waals surface area contributed by atoms with Crippen molar-refractivity contribution in [2.24, 2.45) is 5.92 Å². The molecule has 2 amide bonds. The van der Waals surface area contributed by atoms with Crippen LogP contribution < -0.4 is 15.4 Å². The van der Waals surface area contributed by atoms with Crippen LogP contribution in [-0.4, -0.2) is 35.0 Å². The zero-order valence-corrected chi connectivity index (χ0v) is 16.1. The Morgan fingerprint density at radius 2 is 1.89 bits per heavy atom. The van der Waals surface area contributed by atoms with Crippen molar-refractivity contribution in [2.45, 2.75) is 58.9 Å². The molecule has 0 radical (unpaired) electrons. The van der Waals surface area contributed by atoms with Crippen LogP contribution in [0.25, 0.3) is 0 Å². The van der Waals surface area contributed by atoms with Crippen LogP contribution in [0.4, 0.5) is 13.2 Å². The number of halogens is 3. The Bertz CT molecular complexity index is 661. The van der Waals surface area contributed by atoms with E-state index in [1.54, 1.807) is 20.8 Å². The van der Waals surface area contributed by atoms with E-state index in [0.29, 0.717) is 6.54 Å². The van der Waals surface area contributed by atoms with Gasteiger partial charge in [0.25, 0.3) is 5.91 Å². The monoisotopic (exact) mass is 389 g/mol. The normalized spacial score (nSPS) is 13.2. The summed E-state index contributed by atoms with van der Waals surface area (Å²) in [7, 11) is 0. The Balaban J connectivity index is 2.81. The highest BCUT2D eigenvalue weighted by molar-refractivity contribution is 5.92. The zero-order chi connectivity index (χ0) is 20.8. The van der Waals surface area contributed by atoms with Gasteiger partial charge in [0, 0.05) is 18.8 Å². The number of ether oxygens (including phenoxy) is 1. The second kappa shape index (κ2) is 9.05. The van der Waals surface area contributed by atoms with Crippen LogP contribution >= 0.6 is 0 Å².